The number of benzene rings is 1. The molecule has 1 atom stereocenters. The van der Waals surface area contributed by atoms with Crippen LogP contribution in [0, 0.1) is 0 Å². The highest BCUT2D eigenvalue weighted by Gasteiger charge is 2.29. The Morgan fingerprint density at radius 2 is 1.80 bits per heavy atom. The molecule has 0 radical (unpaired) electrons. The van der Waals surface area contributed by atoms with E-state index in [1.54, 1.807) is 0 Å². The van der Waals surface area contributed by atoms with E-state index in [1.165, 1.54) is 11.8 Å². The summed E-state index contributed by atoms with van der Waals surface area (Å²) in [5, 5.41) is 10.1. The molecule has 162 valence electrons. The molecule has 0 aliphatic carbocycles. The average molecular weight is 449 g/mol. The second-order valence-corrected chi connectivity index (χ2v) is 9.50. The summed E-state index contributed by atoms with van der Waals surface area (Å²) < 4.78 is 2.01. The van der Waals surface area contributed by atoms with E-state index < -0.39 is 0 Å². The highest BCUT2D eigenvalue weighted by Crippen LogP contribution is 2.33. The summed E-state index contributed by atoms with van der Waals surface area (Å²) in [4.78, 5) is 19.7. The Hall–Kier alpha value is -1.77. The van der Waals surface area contributed by atoms with Gasteiger partial charge in [0, 0.05) is 39.3 Å². The molecule has 1 unspecified atom stereocenters. The van der Waals surface area contributed by atoms with Crippen molar-refractivity contribution in [1.82, 2.24) is 24.6 Å². The summed E-state index contributed by atoms with van der Waals surface area (Å²) in [6, 6.07) is 7.73. The first-order valence-corrected chi connectivity index (χ1v) is 12.0. The molecule has 30 heavy (non-hydrogen) atoms. The molecule has 2 saturated heterocycles. The van der Waals surface area contributed by atoms with Crippen LogP contribution in [-0.2, 0) is 4.79 Å². The van der Waals surface area contributed by atoms with E-state index in [1.807, 2.05) is 40.7 Å². The molecular weight excluding hydrogens is 420 g/mol. The Labute approximate surface area is 187 Å². The Kier molecular flexibility index (Phi) is 6.85. The molecule has 0 bridgehead atoms. The fraction of sp³-hybridized carbons (Fsp3) is 0.571. The number of anilines is 1. The topological polar surface area (TPSA) is 57.5 Å². The van der Waals surface area contributed by atoms with Gasteiger partial charge in [0.1, 0.15) is 0 Å². The number of carbonyl (C=O) groups is 1. The van der Waals surface area contributed by atoms with E-state index in [4.69, 9.17) is 11.6 Å². The van der Waals surface area contributed by atoms with E-state index in [2.05, 4.69) is 26.9 Å². The highest BCUT2D eigenvalue weighted by molar-refractivity contribution is 8.00. The first-order chi connectivity index (χ1) is 14.6. The molecule has 2 aromatic rings. The minimum atomic E-state index is -0.241. The van der Waals surface area contributed by atoms with Crippen molar-refractivity contribution in [2.24, 2.45) is 0 Å². The molecule has 1 amide bonds. The van der Waals surface area contributed by atoms with Crippen LogP contribution in [0.1, 0.15) is 26.7 Å². The number of nitrogens with zero attached hydrogens (tertiary/aromatic N) is 6. The summed E-state index contributed by atoms with van der Waals surface area (Å²) in [7, 11) is 0. The van der Waals surface area contributed by atoms with Crippen LogP contribution < -0.4 is 4.90 Å². The minimum Gasteiger partial charge on any atom is -0.341 e. The van der Waals surface area contributed by atoms with Crippen molar-refractivity contribution in [1.29, 1.82) is 0 Å². The van der Waals surface area contributed by atoms with Crippen LogP contribution in [0.25, 0.3) is 5.69 Å². The SMILES string of the molecule is CCN1CCN(C(=O)C(C)Sc2nnc(N3CCCC3)n2-c2ccccc2Cl)CC1. The van der Waals surface area contributed by atoms with Gasteiger partial charge in [0.25, 0.3) is 0 Å². The fourth-order valence-electron chi connectivity index (χ4n) is 4.05. The van der Waals surface area contributed by atoms with Crippen molar-refractivity contribution in [2.45, 2.75) is 37.1 Å². The van der Waals surface area contributed by atoms with Gasteiger partial charge in [-0.05, 0) is 38.4 Å². The Morgan fingerprint density at radius 3 is 2.47 bits per heavy atom. The zero-order chi connectivity index (χ0) is 21.1. The number of amides is 1. The minimum absolute atomic E-state index is 0.159. The van der Waals surface area contributed by atoms with Gasteiger partial charge in [0.2, 0.25) is 11.9 Å². The predicted octanol–water partition coefficient (Wildman–Crippen LogP) is 3.17. The molecule has 2 aliphatic heterocycles. The fourth-order valence-corrected chi connectivity index (χ4v) is 5.21. The Balaban J connectivity index is 1.56. The average Bonchev–Trinajstić information content (AvgIpc) is 3.44. The molecule has 9 heteroatoms. The van der Waals surface area contributed by atoms with E-state index in [0.29, 0.717) is 10.2 Å². The lowest BCUT2D eigenvalue weighted by atomic mass is 10.3. The number of likely N-dealkylation sites (N-methyl/N-ethyl adjacent to an activating group) is 1. The molecule has 4 rings (SSSR count). The van der Waals surface area contributed by atoms with Crippen LogP contribution in [0.2, 0.25) is 5.02 Å². The van der Waals surface area contributed by atoms with Crippen molar-refractivity contribution in [3.63, 3.8) is 0 Å². The Morgan fingerprint density at radius 1 is 1.10 bits per heavy atom. The lowest BCUT2D eigenvalue weighted by Gasteiger charge is -2.35. The molecule has 2 aliphatic rings. The molecule has 0 N–H and O–H groups in total. The number of para-hydroxylation sites is 1. The predicted molar refractivity (Wildman–Crippen MR) is 122 cm³/mol. The van der Waals surface area contributed by atoms with Crippen LogP contribution in [0.15, 0.2) is 29.4 Å². The molecule has 1 aromatic carbocycles. The smallest absolute Gasteiger partial charge is 0.235 e. The number of piperazine rings is 1. The summed E-state index contributed by atoms with van der Waals surface area (Å²) >= 11 is 7.99. The molecule has 1 aromatic heterocycles. The maximum Gasteiger partial charge on any atom is 0.235 e. The molecule has 0 spiro atoms. The van der Waals surface area contributed by atoms with Gasteiger partial charge in [0.05, 0.1) is 16.0 Å². The molecule has 0 saturated carbocycles. The summed E-state index contributed by atoms with van der Waals surface area (Å²) in [6.45, 7) is 10.5. The number of carbonyl (C=O) groups excluding carboxylic acids is 1. The molecule has 7 nitrogen and oxygen atoms in total. The third-order valence-corrected chi connectivity index (χ3v) is 7.21. The van der Waals surface area contributed by atoms with Crippen LogP contribution in [0.3, 0.4) is 0 Å². The van der Waals surface area contributed by atoms with Gasteiger partial charge in [-0.1, -0.05) is 42.4 Å². The summed E-state index contributed by atoms with van der Waals surface area (Å²) in [6.07, 6.45) is 2.30. The van der Waals surface area contributed by atoms with Gasteiger partial charge in [-0.15, -0.1) is 10.2 Å². The third-order valence-electron chi connectivity index (χ3n) is 5.86. The van der Waals surface area contributed by atoms with E-state index in [0.717, 1.165) is 70.3 Å². The first-order valence-electron chi connectivity index (χ1n) is 10.7. The molecule has 2 fully saturated rings. The van der Waals surface area contributed by atoms with Crippen LogP contribution in [0.4, 0.5) is 5.95 Å². The quantitative estimate of drug-likeness (QED) is 0.632. The van der Waals surface area contributed by atoms with Gasteiger partial charge in [0.15, 0.2) is 5.16 Å². The third kappa shape index (κ3) is 4.45. The Bertz CT molecular complexity index is 876. The van der Waals surface area contributed by atoms with E-state index >= 15 is 0 Å². The van der Waals surface area contributed by atoms with Gasteiger partial charge in [-0.3, -0.25) is 9.36 Å². The van der Waals surface area contributed by atoms with Gasteiger partial charge in [-0.2, -0.15) is 0 Å². The maximum absolute atomic E-state index is 13.1. The number of hydrogen-bond acceptors (Lipinski definition) is 6. The van der Waals surface area contributed by atoms with Crippen molar-refractivity contribution in [3.8, 4) is 5.69 Å². The lowest BCUT2D eigenvalue weighted by molar-refractivity contribution is -0.132. The number of hydrogen-bond donors (Lipinski definition) is 0. The highest BCUT2D eigenvalue weighted by atomic mass is 35.5. The van der Waals surface area contributed by atoms with Gasteiger partial charge in [-0.25, -0.2) is 0 Å². The maximum atomic E-state index is 13.1. The van der Waals surface area contributed by atoms with Crippen molar-refractivity contribution in [3.05, 3.63) is 29.3 Å². The van der Waals surface area contributed by atoms with Crippen molar-refractivity contribution >= 4 is 35.2 Å². The standard InChI is InChI=1S/C21H29ClN6OS/c1-3-25-12-14-26(15-13-25)19(29)16(2)30-21-24-23-20(27-10-6-7-11-27)28(21)18-9-5-4-8-17(18)22/h4-5,8-9,16H,3,6-7,10-15H2,1-2H3. The van der Waals surface area contributed by atoms with Gasteiger partial charge >= 0.3 is 0 Å². The number of aromatic nitrogens is 3. The van der Waals surface area contributed by atoms with E-state index in [9.17, 15) is 4.79 Å². The van der Waals surface area contributed by atoms with Crippen LogP contribution in [-0.4, -0.2) is 81.5 Å². The largest absolute Gasteiger partial charge is 0.341 e. The van der Waals surface area contributed by atoms with Crippen molar-refractivity contribution < 1.29 is 4.79 Å². The monoisotopic (exact) mass is 448 g/mol. The van der Waals surface area contributed by atoms with Gasteiger partial charge < -0.3 is 14.7 Å². The van der Waals surface area contributed by atoms with Crippen molar-refractivity contribution in [2.75, 3.05) is 50.7 Å². The number of rotatable bonds is 6. The van der Waals surface area contributed by atoms with Crippen LogP contribution in [0.5, 0.6) is 0 Å². The molecular formula is C21H29ClN6OS. The summed E-state index contributed by atoms with van der Waals surface area (Å²) in [5.74, 6) is 0.964. The van der Waals surface area contributed by atoms with E-state index in [-0.39, 0.29) is 11.2 Å². The number of thioether (sulfide) groups is 1. The normalized spacial score (nSPS) is 18.8. The number of halogens is 1. The molecule has 3 heterocycles. The second kappa shape index (κ2) is 9.58. The summed E-state index contributed by atoms with van der Waals surface area (Å²) in [5.41, 5.74) is 0.852. The van der Waals surface area contributed by atoms with Crippen LogP contribution >= 0.6 is 23.4 Å². The zero-order valence-electron chi connectivity index (χ0n) is 17.6. The first kappa shape index (κ1) is 21.5. The second-order valence-electron chi connectivity index (χ2n) is 7.78. The lowest BCUT2D eigenvalue weighted by Crippen LogP contribution is -2.50. The zero-order valence-corrected chi connectivity index (χ0v) is 19.2.